The van der Waals surface area contributed by atoms with Crippen LogP contribution in [0.2, 0.25) is 0 Å². The van der Waals surface area contributed by atoms with E-state index in [0.717, 1.165) is 18.6 Å². The van der Waals surface area contributed by atoms with Crippen molar-refractivity contribution in [3.05, 3.63) is 0 Å². The van der Waals surface area contributed by atoms with E-state index in [4.69, 9.17) is 4.52 Å². The molecule has 0 rings (SSSR count). The van der Waals surface area contributed by atoms with E-state index < -0.39 is 6.72 Å². The molecule has 0 saturated carbocycles. The standard InChI is InChI=1S/C9H21N2O2PS2/c1-4-7-8-15-16-14(12,13-6-3)11-9-10-5-2/h9H,4-8H2,1-3H3,(H,10,11,12). The Morgan fingerprint density at radius 3 is 2.75 bits per heavy atom. The highest BCUT2D eigenvalue weighted by molar-refractivity contribution is 8.99. The second-order valence-electron chi connectivity index (χ2n) is 2.92. The van der Waals surface area contributed by atoms with E-state index in [1.54, 1.807) is 10.8 Å². The van der Waals surface area contributed by atoms with Crippen molar-refractivity contribution in [2.75, 3.05) is 18.9 Å². The van der Waals surface area contributed by atoms with Gasteiger partial charge < -0.3 is 4.52 Å². The van der Waals surface area contributed by atoms with Crippen molar-refractivity contribution in [1.82, 2.24) is 5.09 Å². The minimum atomic E-state index is -2.81. The average molecular weight is 284 g/mol. The van der Waals surface area contributed by atoms with Gasteiger partial charge in [-0.15, -0.1) is 0 Å². The molecule has 0 heterocycles. The van der Waals surface area contributed by atoms with E-state index in [1.807, 2.05) is 13.8 Å². The van der Waals surface area contributed by atoms with E-state index in [2.05, 4.69) is 17.0 Å². The molecule has 16 heavy (non-hydrogen) atoms. The third-order valence-electron chi connectivity index (χ3n) is 1.52. The molecule has 7 heteroatoms. The molecule has 0 aromatic rings. The van der Waals surface area contributed by atoms with Crippen LogP contribution >= 0.6 is 27.9 Å². The van der Waals surface area contributed by atoms with Gasteiger partial charge in [0.15, 0.2) is 0 Å². The van der Waals surface area contributed by atoms with E-state index in [0.29, 0.717) is 13.2 Å². The summed E-state index contributed by atoms with van der Waals surface area (Å²) in [5.41, 5.74) is 0. The van der Waals surface area contributed by atoms with Crippen LogP contribution in [0.15, 0.2) is 4.99 Å². The Hall–Kier alpha value is 0.360. The van der Waals surface area contributed by atoms with Crippen molar-refractivity contribution in [3.8, 4) is 0 Å². The zero-order valence-electron chi connectivity index (χ0n) is 10.1. The Balaban J connectivity index is 4.01. The van der Waals surface area contributed by atoms with Gasteiger partial charge in [-0.25, -0.2) is 0 Å². The van der Waals surface area contributed by atoms with Crippen molar-refractivity contribution >= 4 is 34.3 Å². The van der Waals surface area contributed by atoms with Gasteiger partial charge in [0.25, 0.3) is 0 Å². The summed E-state index contributed by atoms with van der Waals surface area (Å²) in [4.78, 5) is 3.97. The van der Waals surface area contributed by atoms with E-state index >= 15 is 0 Å². The van der Waals surface area contributed by atoms with Gasteiger partial charge in [-0.3, -0.25) is 14.6 Å². The van der Waals surface area contributed by atoms with Crippen molar-refractivity contribution in [2.45, 2.75) is 33.6 Å². The third kappa shape index (κ3) is 8.50. The minimum absolute atomic E-state index is 0.436. The highest BCUT2D eigenvalue weighted by Crippen LogP contribution is 2.61. The zero-order chi connectivity index (χ0) is 12.3. The van der Waals surface area contributed by atoms with Gasteiger partial charge in [-0.2, -0.15) is 0 Å². The largest absolute Gasteiger partial charge is 0.362 e. The van der Waals surface area contributed by atoms with Crippen LogP contribution in [0.4, 0.5) is 0 Å². The Bertz CT molecular complexity index is 240. The quantitative estimate of drug-likeness (QED) is 0.216. The summed E-state index contributed by atoms with van der Waals surface area (Å²) >= 11 is 0. The molecule has 1 unspecified atom stereocenters. The maximum absolute atomic E-state index is 12.2. The predicted molar refractivity (Wildman–Crippen MR) is 76.4 cm³/mol. The molecule has 1 N–H and O–H groups in total. The number of unbranched alkanes of at least 4 members (excludes halogenated alkanes) is 1. The van der Waals surface area contributed by atoms with Gasteiger partial charge in [0.1, 0.15) is 0 Å². The molecule has 0 saturated heterocycles. The van der Waals surface area contributed by atoms with Crippen LogP contribution in [-0.2, 0) is 9.09 Å². The summed E-state index contributed by atoms with van der Waals surface area (Å²) < 4.78 is 17.4. The molecule has 0 aliphatic rings. The number of hydrogen-bond donors (Lipinski definition) is 1. The van der Waals surface area contributed by atoms with Gasteiger partial charge in [0.2, 0.25) is 0 Å². The van der Waals surface area contributed by atoms with Gasteiger partial charge in [0, 0.05) is 22.7 Å². The Labute approximate surface area is 106 Å². The summed E-state index contributed by atoms with van der Waals surface area (Å²) in [6.07, 6.45) is 3.76. The normalized spacial score (nSPS) is 15.2. The van der Waals surface area contributed by atoms with Crippen LogP contribution in [-0.4, -0.2) is 25.2 Å². The molecule has 1 atom stereocenters. The molecule has 0 amide bonds. The topological polar surface area (TPSA) is 50.7 Å². The summed E-state index contributed by atoms with van der Waals surface area (Å²) in [5.74, 6) is 0.991. The van der Waals surface area contributed by atoms with E-state index in [9.17, 15) is 4.57 Å². The SMILES string of the molecule is CCCCSSP(=O)(NC=NCC)OCC. The zero-order valence-corrected chi connectivity index (χ0v) is 12.7. The van der Waals surface area contributed by atoms with Crippen LogP contribution in [0.3, 0.4) is 0 Å². The number of aliphatic imine (C=N–C) groups is 1. The Morgan fingerprint density at radius 2 is 2.19 bits per heavy atom. The first-order valence-corrected chi connectivity index (χ1v) is 10.0. The molecular formula is C9H21N2O2PS2. The summed E-state index contributed by atoms with van der Waals surface area (Å²) in [5, 5.41) is 2.76. The van der Waals surface area contributed by atoms with Gasteiger partial charge in [-0.1, -0.05) is 24.1 Å². The first kappa shape index (κ1) is 16.4. The van der Waals surface area contributed by atoms with Gasteiger partial charge in [-0.05, 0) is 20.3 Å². The number of hydrogen-bond acceptors (Lipinski definition) is 5. The second kappa shape index (κ2) is 10.5. The molecule has 4 nitrogen and oxygen atoms in total. The summed E-state index contributed by atoms with van der Waals surface area (Å²) in [6.45, 7) is 4.20. The van der Waals surface area contributed by atoms with Gasteiger partial charge >= 0.3 is 6.72 Å². The fraction of sp³-hybridized carbons (Fsp3) is 0.889. The van der Waals surface area contributed by atoms with Crippen LogP contribution < -0.4 is 5.09 Å². The average Bonchev–Trinajstić information content (AvgIpc) is 2.25. The molecule has 0 aromatic heterocycles. The lowest BCUT2D eigenvalue weighted by molar-refractivity contribution is 0.343. The Morgan fingerprint density at radius 1 is 1.44 bits per heavy atom. The predicted octanol–water partition coefficient (Wildman–Crippen LogP) is 3.95. The molecule has 0 spiro atoms. The lowest BCUT2D eigenvalue weighted by Crippen LogP contribution is -2.07. The summed E-state index contributed by atoms with van der Waals surface area (Å²) in [7, 11) is 2.87. The first-order valence-electron chi connectivity index (χ1n) is 5.50. The number of rotatable bonds is 10. The van der Waals surface area contributed by atoms with Crippen molar-refractivity contribution in [1.29, 1.82) is 0 Å². The van der Waals surface area contributed by atoms with Crippen LogP contribution in [0.1, 0.15) is 33.6 Å². The monoisotopic (exact) mass is 284 g/mol. The molecule has 0 aliphatic carbocycles. The van der Waals surface area contributed by atoms with Gasteiger partial charge in [0.05, 0.1) is 12.9 Å². The Kier molecular flexibility index (Phi) is 10.7. The highest BCUT2D eigenvalue weighted by atomic mass is 33.3. The third-order valence-corrected chi connectivity index (χ3v) is 8.06. The summed E-state index contributed by atoms with van der Waals surface area (Å²) in [6, 6.07) is 0. The molecule has 0 radical (unpaired) electrons. The smallest absolute Gasteiger partial charge is 0.306 e. The number of nitrogens with zero attached hydrogens (tertiary/aromatic N) is 1. The van der Waals surface area contributed by atoms with Crippen LogP contribution in [0.25, 0.3) is 0 Å². The molecule has 0 fully saturated rings. The maximum Gasteiger partial charge on any atom is 0.362 e. The molecule has 0 aromatic carbocycles. The maximum atomic E-state index is 12.2. The number of nitrogens with one attached hydrogen (secondary N) is 1. The van der Waals surface area contributed by atoms with Crippen molar-refractivity contribution in [3.63, 3.8) is 0 Å². The lowest BCUT2D eigenvalue weighted by atomic mass is 10.4. The molecule has 0 bridgehead atoms. The molecule has 96 valence electrons. The fourth-order valence-electron chi connectivity index (χ4n) is 0.763. The second-order valence-corrected chi connectivity index (χ2v) is 9.16. The lowest BCUT2D eigenvalue weighted by Gasteiger charge is -2.15. The van der Waals surface area contributed by atoms with Crippen molar-refractivity contribution in [2.24, 2.45) is 4.99 Å². The fourth-order valence-corrected chi connectivity index (χ4v) is 6.51. The van der Waals surface area contributed by atoms with Crippen molar-refractivity contribution < 1.29 is 9.09 Å². The molecule has 0 aliphatic heterocycles. The van der Waals surface area contributed by atoms with E-state index in [-0.39, 0.29) is 0 Å². The van der Waals surface area contributed by atoms with Crippen LogP contribution in [0, 0.1) is 0 Å². The first-order chi connectivity index (χ1) is 7.68. The van der Waals surface area contributed by atoms with Crippen LogP contribution in [0.5, 0.6) is 0 Å². The van der Waals surface area contributed by atoms with E-state index in [1.165, 1.54) is 16.8 Å². The minimum Gasteiger partial charge on any atom is -0.306 e. The highest BCUT2D eigenvalue weighted by Gasteiger charge is 2.22. The molecular weight excluding hydrogens is 263 g/mol.